The van der Waals surface area contributed by atoms with Gasteiger partial charge in [-0.15, -0.1) is 0 Å². The van der Waals surface area contributed by atoms with Gasteiger partial charge in [0, 0.05) is 23.6 Å². The summed E-state index contributed by atoms with van der Waals surface area (Å²) in [6.07, 6.45) is 1.80. The van der Waals surface area contributed by atoms with Crippen molar-refractivity contribution in [2.45, 2.75) is 12.8 Å². The molecule has 0 saturated carbocycles. The number of pyridine rings is 1. The largest absolute Gasteiger partial charge is 0.398 e. The molecule has 1 aromatic heterocycles. The van der Waals surface area contributed by atoms with Crippen molar-refractivity contribution < 1.29 is 9.53 Å². The fraction of sp³-hybridized carbons (Fsp3) is 0.333. The zero-order chi connectivity index (χ0) is 13.2. The van der Waals surface area contributed by atoms with Gasteiger partial charge in [0.15, 0.2) is 5.78 Å². The molecule has 4 nitrogen and oxygen atoms in total. The highest BCUT2D eigenvalue weighted by Gasteiger charge is 2.24. The first kappa shape index (κ1) is 12.1. The number of fused-ring (bicyclic) bond motifs is 1. The zero-order valence-corrected chi connectivity index (χ0v) is 10.6. The number of hydrogen-bond donors (Lipinski definition) is 1. The van der Waals surface area contributed by atoms with Crippen LogP contribution in [0.5, 0.6) is 0 Å². The summed E-state index contributed by atoms with van der Waals surface area (Å²) in [5.41, 5.74) is 7.82. The van der Waals surface area contributed by atoms with Gasteiger partial charge in [-0.05, 0) is 25.0 Å². The number of aromatic nitrogens is 1. The van der Waals surface area contributed by atoms with Gasteiger partial charge in [-0.1, -0.05) is 18.2 Å². The number of benzene rings is 1. The van der Waals surface area contributed by atoms with Crippen LogP contribution in [0.1, 0.15) is 23.3 Å². The second-order valence-corrected chi connectivity index (χ2v) is 4.89. The lowest BCUT2D eigenvalue weighted by molar-refractivity contribution is 0.0458. The maximum absolute atomic E-state index is 12.4. The molecule has 19 heavy (non-hydrogen) atoms. The van der Waals surface area contributed by atoms with Gasteiger partial charge in [0.05, 0.1) is 12.1 Å². The number of hydrogen-bond acceptors (Lipinski definition) is 4. The number of ketones is 1. The smallest absolute Gasteiger partial charge is 0.186 e. The highest BCUT2D eigenvalue weighted by molar-refractivity contribution is 6.01. The molecule has 1 atom stereocenters. The molecule has 1 fully saturated rings. The van der Waals surface area contributed by atoms with Gasteiger partial charge in [0.2, 0.25) is 0 Å². The van der Waals surface area contributed by atoms with Crippen LogP contribution in [-0.2, 0) is 4.74 Å². The summed E-state index contributed by atoms with van der Waals surface area (Å²) in [6.45, 7) is 1.24. The van der Waals surface area contributed by atoms with Crippen LogP contribution in [0.15, 0.2) is 30.3 Å². The molecular weight excluding hydrogens is 240 g/mol. The predicted molar refractivity (Wildman–Crippen MR) is 74.0 cm³/mol. The summed E-state index contributed by atoms with van der Waals surface area (Å²) in [7, 11) is 0. The van der Waals surface area contributed by atoms with Crippen molar-refractivity contribution in [2.24, 2.45) is 5.92 Å². The fourth-order valence-corrected chi connectivity index (χ4v) is 2.49. The van der Waals surface area contributed by atoms with Crippen molar-refractivity contribution in [1.82, 2.24) is 4.98 Å². The van der Waals surface area contributed by atoms with Gasteiger partial charge in [-0.3, -0.25) is 4.79 Å². The van der Waals surface area contributed by atoms with E-state index in [4.69, 9.17) is 10.5 Å². The topological polar surface area (TPSA) is 65.2 Å². The third-order valence-corrected chi connectivity index (χ3v) is 3.53. The summed E-state index contributed by atoms with van der Waals surface area (Å²) >= 11 is 0. The molecule has 0 aliphatic carbocycles. The van der Waals surface area contributed by atoms with Gasteiger partial charge < -0.3 is 10.5 Å². The summed E-state index contributed by atoms with van der Waals surface area (Å²) in [4.78, 5) is 16.8. The van der Waals surface area contributed by atoms with E-state index in [1.165, 1.54) is 0 Å². The normalized spacial score (nSPS) is 19.5. The highest BCUT2D eigenvalue weighted by Crippen LogP contribution is 2.23. The molecule has 98 valence electrons. The fourth-order valence-electron chi connectivity index (χ4n) is 2.49. The third kappa shape index (κ3) is 2.31. The van der Waals surface area contributed by atoms with Crippen LogP contribution < -0.4 is 5.73 Å². The molecule has 0 spiro atoms. The standard InChI is InChI=1S/C15H16N2O2/c16-12-8-14(15(18)10-4-3-7-19-9-10)17-13-6-2-1-5-11(12)13/h1-2,5-6,8,10H,3-4,7,9H2,(H2,16,17). The summed E-state index contributed by atoms with van der Waals surface area (Å²) < 4.78 is 5.36. The maximum Gasteiger partial charge on any atom is 0.186 e. The summed E-state index contributed by atoms with van der Waals surface area (Å²) in [6, 6.07) is 9.28. The summed E-state index contributed by atoms with van der Waals surface area (Å²) in [5.74, 6) is -0.0426. The molecule has 0 bridgehead atoms. The first-order valence-corrected chi connectivity index (χ1v) is 6.53. The van der Waals surface area contributed by atoms with E-state index < -0.39 is 0 Å². The number of nitrogens with two attached hydrogens (primary N) is 1. The van der Waals surface area contributed by atoms with Crippen LogP contribution in [0.4, 0.5) is 5.69 Å². The average molecular weight is 256 g/mol. The van der Waals surface area contributed by atoms with Gasteiger partial charge in [-0.2, -0.15) is 0 Å². The van der Waals surface area contributed by atoms with E-state index in [-0.39, 0.29) is 11.7 Å². The first-order chi connectivity index (χ1) is 9.25. The van der Waals surface area contributed by atoms with Crippen LogP contribution >= 0.6 is 0 Å². The Kier molecular flexibility index (Phi) is 3.17. The van der Waals surface area contributed by atoms with E-state index in [1.807, 2.05) is 24.3 Å². The highest BCUT2D eigenvalue weighted by atomic mass is 16.5. The van der Waals surface area contributed by atoms with Crippen molar-refractivity contribution in [2.75, 3.05) is 18.9 Å². The molecular formula is C15H16N2O2. The van der Waals surface area contributed by atoms with Crippen molar-refractivity contribution in [3.63, 3.8) is 0 Å². The molecule has 1 saturated heterocycles. The second-order valence-electron chi connectivity index (χ2n) is 4.89. The number of carbonyl (C=O) groups excluding carboxylic acids is 1. The van der Waals surface area contributed by atoms with Crippen LogP contribution in [0.25, 0.3) is 10.9 Å². The SMILES string of the molecule is Nc1cc(C(=O)C2CCCOC2)nc2ccccc12. The van der Waals surface area contributed by atoms with Crippen LogP contribution in [0.3, 0.4) is 0 Å². The molecule has 1 unspecified atom stereocenters. The second kappa shape index (κ2) is 4.97. The molecule has 2 aromatic rings. The van der Waals surface area contributed by atoms with Crippen LogP contribution in [-0.4, -0.2) is 24.0 Å². The third-order valence-electron chi connectivity index (χ3n) is 3.53. The van der Waals surface area contributed by atoms with Gasteiger partial charge in [-0.25, -0.2) is 4.98 Å². The summed E-state index contributed by atoms with van der Waals surface area (Å²) in [5, 5.41) is 0.888. The van der Waals surface area contributed by atoms with Crippen LogP contribution in [0, 0.1) is 5.92 Å². The molecule has 1 aromatic carbocycles. The number of rotatable bonds is 2. The lowest BCUT2D eigenvalue weighted by Gasteiger charge is -2.20. The average Bonchev–Trinajstić information content (AvgIpc) is 2.47. The molecule has 1 aliphatic heterocycles. The number of nitrogens with zero attached hydrogens (tertiary/aromatic N) is 1. The Balaban J connectivity index is 1.98. The number of Topliss-reactive ketones (excluding diaryl/α,β-unsaturated/α-hetero) is 1. The molecule has 1 aliphatic rings. The van der Waals surface area contributed by atoms with E-state index in [0.717, 1.165) is 30.4 Å². The van der Waals surface area contributed by atoms with Crippen LogP contribution in [0.2, 0.25) is 0 Å². The van der Waals surface area contributed by atoms with E-state index in [1.54, 1.807) is 6.07 Å². The minimum atomic E-state index is -0.0817. The maximum atomic E-state index is 12.4. The molecule has 4 heteroatoms. The van der Waals surface area contributed by atoms with Crippen molar-refractivity contribution in [1.29, 1.82) is 0 Å². The minimum Gasteiger partial charge on any atom is -0.398 e. The van der Waals surface area contributed by atoms with Gasteiger partial charge in [0.1, 0.15) is 5.69 Å². The van der Waals surface area contributed by atoms with Crippen molar-refractivity contribution in [3.8, 4) is 0 Å². The van der Waals surface area contributed by atoms with E-state index in [0.29, 0.717) is 18.0 Å². The molecule has 2 N–H and O–H groups in total. The van der Waals surface area contributed by atoms with Gasteiger partial charge in [0.25, 0.3) is 0 Å². The molecule has 0 amide bonds. The Hall–Kier alpha value is -1.94. The quantitative estimate of drug-likeness (QED) is 0.838. The Morgan fingerprint density at radius 1 is 1.37 bits per heavy atom. The lowest BCUT2D eigenvalue weighted by Crippen LogP contribution is -2.26. The van der Waals surface area contributed by atoms with E-state index >= 15 is 0 Å². The Morgan fingerprint density at radius 2 is 2.21 bits per heavy atom. The number of carbonyl (C=O) groups is 1. The Labute approximate surface area is 111 Å². The Morgan fingerprint density at radius 3 is 3.00 bits per heavy atom. The van der Waals surface area contributed by atoms with E-state index in [2.05, 4.69) is 4.98 Å². The van der Waals surface area contributed by atoms with E-state index in [9.17, 15) is 4.79 Å². The zero-order valence-electron chi connectivity index (χ0n) is 10.6. The minimum absolute atomic E-state index is 0.0390. The number of para-hydroxylation sites is 1. The van der Waals surface area contributed by atoms with Crippen molar-refractivity contribution >= 4 is 22.4 Å². The van der Waals surface area contributed by atoms with Crippen molar-refractivity contribution in [3.05, 3.63) is 36.0 Å². The number of nitrogen functional groups attached to an aromatic ring is 1. The predicted octanol–water partition coefficient (Wildman–Crippen LogP) is 2.43. The molecule has 2 heterocycles. The first-order valence-electron chi connectivity index (χ1n) is 6.53. The molecule has 3 rings (SSSR count). The lowest BCUT2D eigenvalue weighted by atomic mass is 9.94. The number of anilines is 1. The monoisotopic (exact) mass is 256 g/mol. The van der Waals surface area contributed by atoms with Gasteiger partial charge >= 0.3 is 0 Å². The Bertz CT molecular complexity index is 619. The number of ether oxygens (including phenoxy) is 1. The molecule has 0 radical (unpaired) electrons.